The Morgan fingerprint density at radius 2 is 2.03 bits per heavy atom. The first-order valence-corrected chi connectivity index (χ1v) is 11.6. The summed E-state index contributed by atoms with van der Waals surface area (Å²) in [6.07, 6.45) is 11.5. The summed E-state index contributed by atoms with van der Waals surface area (Å²) in [5.41, 5.74) is 3.14. The van der Waals surface area contributed by atoms with E-state index < -0.39 is 0 Å². The molecule has 9 heteroatoms. The second kappa shape index (κ2) is 12.5. The van der Waals surface area contributed by atoms with Crippen LogP contribution in [-0.2, 0) is 9.47 Å². The summed E-state index contributed by atoms with van der Waals surface area (Å²) in [6, 6.07) is 0. The van der Waals surface area contributed by atoms with E-state index in [1.165, 1.54) is 6.33 Å². The zero-order chi connectivity index (χ0) is 23.6. The van der Waals surface area contributed by atoms with E-state index in [1.54, 1.807) is 12.5 Å². The molecule has 1 saturated heterocycles. The summed E-state index contributed by atoms with van der Waals surface area (Å²) in [4.78, 5) is 13.1. The highest BCUT2D eigenvalue weighted by Crippen LogP contribution is 2.23. The van der Waals surface area contributed by atoms with Gasteiger partial charge >= 0.3 is 0 Å². The molecule has 1 aromatic heterocycles. The Balaban J connectivity index is 1.45. The van der Waals surface area contributed by atoms with Gasteiger partial charge in [0.1, 0.15) is 24.1 Å². The van der Waals surface area contributed by atoms with E-state index in [0.29, 0.717) is 25.8 Å². The molecule has 0 aliphatic carbocycles. The Morgan fingerprint density at radius 3 is 2.79 bits per heavy atom. The number of hydrogen-bond donors (Lipinski definition) is 4. The molecule has 2 aliphatic rings. The van der Waals surface area contributed by atoms with Crippen molar-refractivity contribution in [2.75, 3.05) is 30.3 Å². The lowest BCUT2D eigenvalue weighted by Crippen LogP contribution is -2.40. The van der Waals surface area contributed by atoms with Gasteiger partial charge < -0.3 is 25.4 Å². The number of rotatable bonds is 12. The molecular formula is C24H37N7O2. The Labute approximate surface area is 196 Å². The highest BCUT2D eigenvalue weighted by atomic mass is 16.5. The molecule has 33 heavy (non-hydrogen) atoms. The molecular weight excluding hydrogens is 418 g/mol. The number of nitrogens with one attached hydrogen (secondary N) is 4. The van der Waals surface area contributed by atoms with Gasteiger partial charge in [-0.05, 0) is 46.7 Å². The third kappa shape index (κ3) is 7.12. The van der Waals surface area contributed by atoms with E-state index >= 15 is 0 Å². The molecule has 1 fully saturated rings. The van der Waals surface area contributed by atoms with Crippen molar-refractivity contribution in [2.45, 2.75) is 65.0 Å². The van der Waals surface area contributed by atoms with Gasteiger partial charge in [-0.15, -0.1) is 0 Å². The Morgan fingerprint density at radius 1 is 1.24 bits per heavy atom. The van der Waals surface area contributed by atoms with Crippen molar-refractivity contribution in [2.24, 2.45) is 4.99 Å². The molecule has 2 aliphatic heterocycles. The fraction of sp³-hybridized carbons (Fsp3) is 0.542. The van der Waals surface area contributed by atoms with Crippen LogP contribution in [0, 0.1) is 6.92 Å². The molecule has 0 aromatic carbocycles. The summed E-state index contributed by atoms with van der Waals surface area (Å²) in [7, 11) is 0. The van der Waals surface area contributed by atoms with Crippen molar-refractivity contribution >= 4 is 18.0 Å². The third-order valence-electron chi connectivity index (χ3n) is 5.83. The average Bonchev–Trinajstić information content (AvgIpc) is 3.22. The molecule has 0 amide bonds. The molecule has 1 aromatic rings. The molecule has 3 heterocycles. The van der Waals surface area contributed by atoms with Crippen LogP contribution < -0.4 is 21.3 Å². The molecule has 4 N–H and O–H groups in total. The van der Waals surface area contributed by atoms with Crippen LogP contribution in [0.3, 0.4) is 0 Å². The van der Waals surface area contributed by atoms with Crippen LogP contribution in [0.4, 0.5) is 11.6 Å². The van der Waals surface area contributed by atoms with Gasteiger partial charge in [0, 0.05) is 29.9 Å². The van der Waals surface area contributed by atoms with Crippen molar-refractivity contribution < 1.29 is 9.47 Å². The van der Waals surface area contributed by atoms with Crippen molar-refractivity contribution in [1.82, 2.24) is 20.6 Å². The Hall–Kier alpha value is -2.75. The van der Waals surface area contributed by atoms with Gasteiger partial charge in [-0.2, -0.15) is 0 Å². The average molecular weight is 456 g/mol. The van der Waals surface area contributed by atoms with Crippen LogP contribution in [0.2, 0.25) is 0 Å². The Kier molecular flexibility index (Phi) is 9.41. The maximum atomic E-state index is 6.16. The highest BCUT2D eigenvalue weighted by molar-refractivity contribution is 5.61. The molecule has 2 unspecified atom stereocenters. The minimum Gasteiger partial charge on any atom is -0.373 e. The van der Waals surface area contributed by atoms with Crippen molar-refractivity contribution in [3.8, 4) is 0 Å². The summed E-state index contributed by atoms with van der Waals surface area (Å²) in [5, 5.41) is 13.0. The molecule has 0 spiro atoms. The number of aliphatic imine (C=N–C) groups is 1. The highest BCUT2D eigenvalue weighted by Gasteiger charge is 2.27. The maximum absolute atomic E-state index is 6.16. The second-order valence-electron chi connectivity index (χ2n) is 8.33. The van der Waals surface area contributed by atoms with Crippen molar-refractivity contribution in [3.63, 3.8) is 0 Å². The zero-order valence-electron chi connectivity index (χ0n) is 20.1. The van der Waals surface area contributed by atoms with E-state index in [1.807, 2.05) is 6.92 Å². The molecule has 0 saturated carbocycles. The summed E-state index contributed by atoms with van der Waals surface area (Å²) < 4.78 is 12.0. The number of anilines is 2. The van der Waals surface area contributed by atoms with Crippen LogP contribution in [0.5, 0.6) is 0 Å². The van der Waals surface area contributed by atoms with Gasteiger partial charge in [0.05, 0.1) is 31.3 Å². The molecule has 0 bridgehead atoms. The minimum absolute atomic E-state index is 0.0586. The lowest BCUT2D eigenvalue weighted by molar-refractivity contribution is -0.0253. The predicted molar refractivity (Wildman–Crippen MR) is 133 cm³/mol. The number of allylic oxidation sites excluding steroid dienone is 1. The van der Waals surface area contributed by atoms with E-state index in [9.17, 15) is 0 Å². The van der Waals surface area contributed by atoms with Gasteiger partial charge in [0.25, 0.3) is 0 Å². The van der Waals surface area contributed by atoms with E-state index in [2.05, 4.69) is 75.7 Å². The van der Waals surface area contributed by atoms with Gasteiger partial charge in [0.2, 0.25) is 0 Å². The first-order chi connectivity index (χ1) is 16.0. The number of ether oxygens (including phenoxy) is 2. The number of aromatic nitrogens is 2. The van der Waals surface area contributed by atoms with Gasteiger partial charge in [0.15, 0.2) is 0 Å². The summed E-state index contributed by atoms with van der Waals surface area (Å²) in [6.45, 7) is 13.8. The Bertz CT molecular complexity index is 884. The molecule has 180 valence electrons. The molecule has 3 rings (SSSR count). The third-order valence-corrected chi connectivity index (χ3v) is 5.83. The van der Waals surface area contributed by atoms with E-state index in [4.69, 9.17) is 9.47 Å². The molecule has 9 nitrogen and oxygen atoms in total. The van der Waals surface area contributed by atoms with Crippen molar-refractivity contribution in [1.29, 1.82) is 0 Å². The van der Waals surface area contributed by atoms with Crippen LogP contribution in [-0.4, -0.2) is 60.5 Å². The van der Waals surface area contributed by atoms with Crippen LogP contribution in [0.15, 0.2) is 47.5 Å². The number of nitrogens with zero attached hydrogens (tertiary/aromatic N) is 3. The SMILES string of the molecule is C=CNc1ncnc(NC/C=C/CNC2N=CNC(C)=C2C(C)OC[C@@H]2CC[C@H](C)O2)c1C. The fourth-order valence-corrected chi connectivity index (χ4v) is 3.99. The lowest BCUT2D eigenvalue weighted by Gasteiger charge is -2.29. The van der Waals surface area contributed by atoms with Gasteiger partial charge in [-0.3, -0.25) is 10.3 Å². The normalized spacial score (nSPS) is 23.6. The van der Waals surface area contributed by atoms with E-state index in [-0.39, 0.29) is 18.4 Å². The van der Waals surface area contributed by atoms with Crippen LogP contribution in [0.1, 0.15) is 39.2 Å². The van der Waals surface area contributed by atoms with Crippen molar-refractivity contribution in [3.05, 3.63) is 48.1 Å². The predicted octanol–water partition coefficient (Wildman–Crippen LogP) is 3.10. The second-order valence-corrected chi connectivity index (χ2v) is 8.33. The largest absolute Gasteiger partial charge is 0.373 e. The smallest absolute Gasteiger partial charge is 0.138 e. The zero-order valence-corrected chi connectivity index (χ0v) is 20.1. The van der Waals surface area contributed by atoms with Gasteiger partial charge in [-0.1, -0.05) is 18.7 Å². The number of hydrogen-bond acceptors (Lipinski definition) is 9. The standard InChI is InChI=1S/C24H37N7O2/c1-6-25-22-17(3)23(30-15-29-22)26-11-7-8-12-27-24-21(18(4)28-14-31-24)19(5)32-13-20-10-9-16(2)33-20/h6-8,14-16,19-20,24,27H,1,9-13H2,2-5H3,(H,28,31)(H2,25,26,29,30)/b8-7+/t16-,19?,20-,24?/m0/s1. The quantitative estimate of drug-likeness (QED) is 0.357. The first kappa shape index (κ1) is 24.9. The lowest BCUT2D eigenvalue weighted by atomic mass is 10.0. The van der Waals surface area contributed by atoms with E-state index in [0.717, 1.165) is 41.3 Å². The molecule has 0 radical (unpaired) electrons. The monoisotopic (exact) mass is 455 g/mol. The molecule has 4 atom stereocenters. The fourth-order valence-electron chi connectivity index (χ4n) is 3.99. The maximum Gasteiger partial charge on any atom is 0.138 e. The van der Waals surface area contributed by atoms with Gasteiger partial charge in [-0.25, -0.2) is 9.97 Å². The van der Waals surface area contributed by atoms with Crippen LogP contribution in [0.25, 0.3) is 0 Å². The topological polar surface area (TPSA) is 105 Å². The first-order valence-electron chi connectivity index (χ1n) is 11.6. The summed E-state index contributed by atoms with van der Waals surface area (Å²) in [5.74, 6) is 1.54. The summed E-state index contributed by atoms with van der Waals surface area (Å²) >= 11 is 0. The van der Waals surface area contributed by atoms with Crippen LogP contribution >= 0.6 is 0 Å². The minimum atomic E-state index is -0.126.